The minimum atomic E-state index is -0.377. The van der Waals surface area contributed by atoms with Gasteiger partial charge in [-0.2, -0.15) is 0 Å². The number of thiophene rings is 1. The lowest BCUT2D eigenvalue weighted by atomic mass is 10.1. The molecule has 0 unspecified atom stereocenters. The van der Waals surface area contributed by atoms with Crippen LogP contribution in [0.3, 0.4) is 0 Å². The highest BCUT2D eigenvalue weighted by Gasteiger charge is 2.24. The molecule has 8 heteroatoms. The number of amides is 2. The van der Waals surface area contributed by atoms with Crippen molar-refractivity contribution in [2.75, 3.05) is 13.1 Å². The second-order valence-electron chi connectivity index (χ2n) is 9.35. The van der Waals surface area contributed by atoms with Gasteiger partial charge in [-0.15, -0.1) is 11.3 Å². The number of fused-ring (bicyclic) bond motifs is 1. The Morgan fingerprint density at radius 1 is 0.973 bits per heavy atom. The molecule has 0 aliphatic heterocycles. The van der Waals surface area contributed by atoms with E-state index < -0.39 is 0 Å². The zero-order valence-electron chi connectivity index (χ0n) is 20.9. The van der Waals surface area contributed by atoms with Crippen LogP contribution in [0.15, 0.2) is 81.5 Å². The number of hydrogen-bond acceptors (Lipinski definition) is 5. The number of hydrogen-bond donors (Lipinski definition) is 0. The highest BCUT2D eigenvalue weighted by molar-refractivity contribution is 7.12. The molecule has 0 aliphatic carbocycles. The van der Waals surface area contributed by atoms with Crippen molar-refractivity contribution in [2.24, 2.45) is 5.92 Å². The summed E-state index contributed by atoms with van der Waals surface area (Å²) in [4.78, 5) is 43.6. The third kappa shape index (κ3) is 6.71. The number of para-hydroxylation sites is 1. The van der Waals surface area contributed by atoms with Crippen LogP contribution in [0.5, 0.6) is 0 Å². The van der Waals surface area contributed by atoms with Gasteiger partial charge in [-0.05, 0) is 53.6 Å². The molecule has 37 heavy (non-hydrogen) atoms. The summed E-state index contributed by atoms with van der Waals surface area (Å²) in [7, 11) is 0. The van der Waals surface area contributed by atoms with Gasteiger partial charge in [-0.3, -0.25) is 14.4 Å². The molecule has 6 nitrogen and oxygen atoms in total. The molecule has 2 aromatic carbocycles. The Labute approximate surface area is 218 Å². The van der Waals surface area contributed by atoms with Crippen LogP contribution in [0.25, 0.3) is 11.0 Å². The van der Waals surface area contributed by atoms with Crippen LogP contribution in [-0.2, 0) is 17.9 Å². The van der Waals surface area contributed by atoms with Gasteiger partial charge < -0.3 is 14.2 Å². The monoisotopic (exact) mass is 520 g/mol. The molecule has 2 amide bonds. The summed E-state index contributed by atoms with van der Waals surface area (Å²) in [5.74, 6) is -0.536. The van der Waals surface area contributed by atoms with Crippen molar-refractivity contribution in [1.29, 1.82) is 0 Å². The molecule has 0 fully saturated rings. The molecular weight excluding hydrogens is 491 g/mol. The molecule has 0 saturated heterocycles. The van der Waals surface area contributed by atoms with Crippen molar-refractivity contribution in [3.63, 3.8) is 0 Å². The van der Waals surface area contributed by atoms with Gasteiger partial charge in [0.05, 0.1) is 28.6 Å². The number of nitrogens with zero attached hydrogens (tertiary/aromatic N) is 2. The SMILES string of the molecule is CC(C)CCN(CC(=O)N(Cc1ccc(F)cc1)Cc1coc2ccccc2c1=O)C(=O)c1cccs1. The van der Waals surface area contributed by atoms with Gasteiger partial charge in [0.1, 0.15) is 17.9 Å². The molecule has 0 N–H and O–H groups in total. The third-order valence-corrected chi connectivity index (χ3v) is 6.93. The van der Waals surface area contributed by atoms with Crippen LogP contribution in [0.1, 0.15) is 41.1 Å². The van der Waals surface area contributed by atoms with E-state index in [1.165, 1.54) is 34.6 Å². The van der Waals surface area contributed by atoms with Gasteiger partial charge in [-0.1, -0.05) is 44.2 Å². The maximum Gasteiger partial charge on any atom is 0.264 e. The molecule has 0 saturated carbocycles. The van der Waals surface area contributed by atoms with E-state index in [1.54, 1.807) is 53.4 Å². The Kier molecular flexibility index (Phi) is 8.50. The van der Waals surface area contributed by atoms with E-state index in [9.17, 15) is 18.8 Å². The van der Waals surface area contributed by atoms with Crippen molar-refractivity contribution in [2.45, 2.75) is 33.4 Å². The zero-order valence-corrected chi connectivity index (χ0v) is 21.7. The molecule has 4 rings (SSSR count). The van der Waals surface area contributed by atoms with E-state index in [0.717, 1.165) is 6.42 Å². The molecule has 0 bridgehead atoms. The summed E-state index contributed by atoms with van der Waals surface area (Å²) < 4.78 is 19.2. The smallest absolute Gasteiger partial charge is 0.264 e. The van der Waals surface area contributed by atoms with E-state index in [1.807, 2.05) is 5.38 Å². The molecule has 2 heterocycles. The van der Waals surface area contributed by atoms with Gasteiger partial charge in [0.25, 0.3) is 5.91 Å². The molecule has 0 atom stereocenters. The fraction of sp³-hybridized carbons (Fsp3) is 0.276. The number of benzene rings is 2. The van der Waals surface area contributed by atoms with Gasteiger partial charge in [0.15, 0.2) is 5.43 Å². The summed E-state index contributed by atoms with van der Waals surface area (Å²) in [5, 5.41) is 2.26. The standard InChI is InChI=1S/C29H29FN2O4S/c1-20(2)13-14-31(29(35)26-8-5-15-37-26)18-27(33)32(16-21-9-11-23(30)12-10-21)17-22-19-36-25-7-4-3-6-24(25)28(22)34/h3-12,15,19-20H,13-14,16-18H2,1-2H3. The molecule has 0 aliphatic rings. The summed E-state index contributed by atoms with van der Waals surface area (Å²) in [5.41, 5.74) is 1.28. The molecule has 2 aromatic heterocycles. The van der Waals surface area contributed by atoms with Crippen LogP contribution in [-0.4, -0.2) is 34.7 Å². The zero-order chi connectivity index (χ0) is 26.4. The van der Waals surface area contributed by atoms with Crippen molar-refractivity contribution in [1.82, 2.24) is 9.80 Å². The van der Waals surface area contributed by atoms with Crippen LogP contribution < -0.4 is 5.43 Å². The van der Waals surface area contributed by atoms with E-state index in [0.29, 0.717) is 39.4 Å². The van der Waals surface area contributed by atoms with E-state index in [4.69, 9.17) is 4.42 Å². The van der Waals surface area contributed by atoms with E-state index in [-0.39, 0.29) is 42.7 Å². The number of carbonyl (C=O) groups excluding carboxylic acids is 2. The second-order valence-corrected chi connectivity index (χ2v) is 10.3. The topological polar surface area (TPSA) is 70.8 Å². The first-order valence-corrected chi connectivity index (χ1v) is 13.0. The van der Waals surface area contributed by atoms with Gasteiger partial charge in [-0.25, -0.2) is 4.39 Å². The second kappa shape index (κ2) is 12.0. The summed E-state index contributed by atoms with van der Waals surface area (Å²) >= 11 is 1.33. The van der Waals surface area contributed by atoms with Crippen LogP contribution in [0.4, 0.5) is 4.39 Å². The maximum absolute atomic E-state index is 13.7. The Morgan fingerprint density at radius 3 is 2.43 bits per heavy atom. The fourth-order valence-electron chi connectivity index (χ4n) is 3.96. The Bertz CT molecular complexity index is 1410. The lowest BCUT2D eigenvalue weighted by Crippen LogP contribution is -2.43. The van der Waals surface area contributed by atoms with E-state index in [2.05, 4.69) is 13.8 Å². The Hall–Kier alpha value is -3.78. The fourth-order valence-corrected chi connectivity index (χ4v) is 4.65. The van der Waals surface area contributed by atoms with Crippen molar-refractivity contribution in [3.8, 4) is 0 Å². The van der Waals surface area contributed by atoms with Gasteiger partial charge >= 0.3 is 0 Å². The molecule has 192 valence electrons. The van der Waals surface area contributed by atoms with Crippen molar-refractivity contribution >= 4 is 34.1 Å². The van der Waals surface area contributed by atoms with Gasteiger partial charge in [0.2, 0.25) is 5.91 Å². The van der Waals surface area contributed by atoms with Crippen molar-refractivity contribution < 1.29 is 18.4 Å². The number of carbonyl (C=O) groups is 2. The van der Waals surface area contributed by atoms with Crippen molar-refractivity contribution in [3.05, 3.63) is 104 Å². The quantitative estimate of drug-likeness (QED) is 0.269. The predicted octanol–water partition coefficient (Wildman–Crippen LogP) is 5.71. The lowest BCUT2D eigenvalue weighted by Gasteiger charge is -2.28. The average molecular weight is 521 g/mol. The number of halogens is 1. The summed E-state index contributed by atoms with van der Waals surface area (Å²) in [6.07, 6.45) is 2.12. The minimum absolute atomic E-state index is 0.00537. The number of rotatable bonds is 10. The largest absolute Gasteiger partial charge is 0.464 e. The van der Waals surface area contributed by atoms with Crippen LogP contribution in [0.2, 0.25) is 0 Å². The normalized spacial score (nSPS) is 11.1. The van der Waals surface area contributed by atoms with Crippen LogP contribution >= 0.6 is 11.3 Å². The first-order valence-electron chi connectivity index (χ1n) is 12.2. The van der Waals surface area contributed by atoms with Gasteiger partial charge in [0, 0.05) is 13.1 Å². The summed E-state index contributed by atoms with van der Waals surface area (Å²) in [6, 6.07) is 16.4. The van der Waals surface area contributed by atoms with Crippen LogP contribution in [0, 0.1) is 11.7 Å². The third-order valence-electron chi connectivity index (χ3n) is 6.07. The molecule has 0 radical (unpaired) electrons. The maximum atomic E-state index is 13.7. The Morgan fingerprint density at radius 2 is 1.73 bits per heavy atom. The molecule has 4 aromatic rings. The van der Waals surface area contributed by atoms with E-state index >= 15 is 0 Å². The first-order chi connectivity index (χ1) is 17.8. The lowest BCUT2D eigenvalue weighted by molar-refractivity contribution is -0.133. The average Bonchev–Trinajstić information content (AvgIpc) is 3.43. The summed E-state index contributed by atoms with van der Waals surface area (Å²) in [6.45, 7) is 4.57. The predicted molar refractivity (Wildman–Crippen MR) is 143 cm³/mol. The molecule has 0 spiro atoms. The molecular formula is C29H29FN2O4S. The first kappa shape index (κ1) is 26.3. The highest BCUT2D eigenvalue weighted by Crippen LogP contribution is 2.17. The Balaban J connectivity index is 1.62. The highest BCUT2D eigenvalue weighted by atomic mass is 32.1. The minimum Gasteiger partial charge on any atom is -0.464 e.